The number of furan rings is 1. The summed E-state index contributed by atoms with van der Waals surface area (Å²) in [6, 6.07) is 14.3. The molecule has 150 valence electrons. The molecule has 1 aliphatic heterocycles. The Kier molecular flexibility index (Phi) is 5.20. The van der Waals surface area contributed by atoms with Crippen LogP contribution in [0.25, 0.3) is 17.4 Å². The molecular weight excluding hydrogens is 427 g/mol. The molecule has 2 heterocycles. The van der Waals surface area contributed by atoms with Gasteiger partial charge < -0.3 is 4.42 Å². The zero-order chi connectivity index (χ0) is 21.4. The third-order valence-corrected chi connectivity index (χ3v) is 5.30. The number of urea groups is 1. The quantitative estimate of drug-likeness (QED) is 0.446. The van der Waals surface area contributed by atoms with Gasteiger partial charge in [-0.15, -0.1) is 0 Å². The lowest BCUT2D eigenvalue weighted by molar-refractivity contribution is -0.122. The van der Waals surface area contributed by atoms with Crippen LogP contribution in [0.4, 0.5) is 10.5 Å². The van der Waals surface area contributed by atoms with E-state index in [9.17, 15) is 14.4 Å². The highest BCUT2D eigenvalue weighted by Crippen LogP contribution is 2.31. The molecule has 4 amide bonds. The van der Waals surface area contributed by atoms with Crippen LogP contribution in [0.15, 0.2) is 64.6 Å². The molecule has 1 fully saturated rings. The monoisotopic (exact) mass is 440 g/mol. The Morgan fingerprint density at radius 3 is 2.47 bits per heavy atom. The van der Waals surface area contributed by atoms with Crippen molar-refractivity contribution in [1.29, 1.82) is 0 Å². The first-order valence-electron chi connectivity index (χ1n) is 8.87. The van der Waals surface area contributed by atoms with Gasteiger partial charge in [-0.1, -0.05) is 41.4 Å². The number of amides is 4. The van der Waals surface area contributed by atoms with Crippen molar-refractivity contribution < 1.29 is 18.8 Å². The third-order valence-electron chi connectivity index (χ3n) is 4.57. The first kappa shape index (κ1) is 19.9. The highest BCUT2D eigenvalue weighted by molar-refractivity contribution is 6.39. The summed E-state index contributed by atoms with van der Waals surface area (Å²) < 4.78 is 5.73. The maximum atomic E-state index is 12.9. The standard InChI is InChI=1S/C22H14Cl2N2O4/c1-12-6-7-13(10-18(12)24)26-21(28)16(20(27)25-22(26)29)11-14-8-9-19(30-14)15-4-2-3-5-17(15)23/h2-11H,1H3,(H,25,27,29). The van der Waals surface area contributed by atoms with E-state index in [1.165, 1.54) is 12.1 Å². The maximum absolute atomic E-state index is 12.9. The zero-order valence-corrected chi connectivity index (χ0v) is 17.1. The Balaban J connectivity index is 1.70. The third kappa shape index (κ3) is 3.63. The van der Waals surface area contributed by atoms with Gasteiger partial charge in [0, 0.05) is 10.6 Å². The molecule has 0 bridgehead atoms. The van der Waals surface area contributed by atoms with Crippen LogP contribution in [0.3, 0.4) is 0 Å². The van der Waals surface area contributed by atoms with E-state index in [4.69, 9.17) is 27.6 Å². The van der Waals surface area contributed by atoms with Gasteiger partial charge in [-0.25, -0.2) is 9.69 Å². The topological polar surface area (TPSA) is 79.6 Å². The summed E-state index contributed by atoms with van der Waals surface area (Å²) in [5.74, 6) is -0.844. The van der Waals surface area contributed by atoms with Crippen LogP contribution in [0.1, 0.15) is 11.3 Å². The number of rotatable bonds is 3. The minimum Gasteiger partial charge on any atom is -0.457 e. The van der Waals surface area contributed by atoms with Gasteiger partial charge in [-0.2, -0.15) is 0 Å². The minimum absolute atomic E-state index is 0.244. The smallest absolute Gasteiger partial charge is 0.335 e. The average Bonchev–Trinajstić information content (AvgIpc) is 3.16. The summed E-state index contributed by atoms with van der Waals surface area (Å²) in [6.45, 7) is 1.80. The summed E-state index contributed by atoms with van der Waals surface area (Å²) in [4.78, 5) is 38.4. The lowest BCUT2D eigenvalue weighted by atomic mass is 10.1. The summed E-state index contributed by atoms with van der Waals surface area (Å²) in [5, 5.41) is 3.06. The summed E-state index contributed by atoms with van der Waals surface area (Å²) in [7, 11) is 0. The zero-order valence-electron chi connectivity index (χ0n) is 15.6. The molecule has 0 radical (unpaired) electrons. The van der Waals surface area contributed by atoms with Crippen LogP contribution in [0.5, 0.6) is 0 Å². The highest BCUT2D eigenvalue weighted by Gasteiger charge is 2.37. The van der Waals surface area contributed by atoms with E-state index in [0.29, 0.717) is 21.4 Å². The van der Waals surface area contributed by atoms with Crippen molar-refractivity contribution in [3.63, 3.8) is 0 Å². The lowest BCUT2D eigenvalue weighted by Crippen LogP contribution is -2.54. The second-order valence-electron chi connectivity index (χ2n) is 6.57. The number of carbonyl (C=O) groups is 3. The number of hydrogen-bond donors (Lipinski definition) is 1. The number of anilines is 1. The molecule has 8 heteroatoms. The second-order valence-corrected chi connectivity index (χ2v) is 7.39. The Bertz CT molecular complexity index is 1230. The molecule has 0 atom stereocenters. The van der Waals surface area contributed by atoms with E-state index in [0.717, 1.165) is 10.5 Å². The summed E-state index contributed by atoms with van der Waals surface area (Å²) in [5.41, 5.74) is 1.48. The summed E-state index contributed by atoms with van der Waals surface area (Å²) in [6.07, 6.45) is 1.28. The fourth-order valence-electron chi connectivity index (χ4n) is 2.99. The predicted octanol–water partition coefficient (Wildman–Crippen LogP) is 5.23. The highest BCUT2D eigenvalue weighted by atomic mass is 35.5. The average molecular weight is 441 g/mol. The number of barbiturate groups is 1. The molecule has 2 aromatic carbocycles. The molecule has 0 unspecified atom stereocenters. The number of nitrogens with zero attached hydrogens (tertiary/aromatic N) is 1. The van der Waals surface area contributed by atoms with Crippen molar-refractivity contribution >= 4 is 52.8 Å². The van der Waals surface area contributed by atoms with E-state index >= 15 is 0 Å². The largest absolute Gasteiger partial charge is 0.457 e. The molecule has 4 rings (SSSR count). The van der Waals surface area contributed by atoms with Crippen molar-refractivity contribution in [2.45, 2.75) is 6.92 Å². The van der Waals surface area contributed by atoms with Crippen molar-refractivity contribution in [3.8, 4) is 11.3 Å². The molecule has 6 nitrogen and oxygen atoms in total. The SMILES string of the molecule is Cc1ccc(N2C(=O)NC(=O)C(=Cc3ccc(-c4ccccc4Cl)o3)C2=O)cc1Cl. The van der Waals surface area contributed by atoms with E-state index in [-0.39, 0.29) is 17.0 Å². The number of halogens is 2. The first-order valence-corrected chi connectivity index (χ1v) is 9.63. The number of benzene rings is 2. The van der Waals surface area contributed by atoms with Gasteiger partial charge in [0.2, 0.25) is 0 Å². The molecule has 1 aromatic heterocycles. The van der Waals surface area contributed by atoms with Crippen molar-refractivity contribution in [2.75, 3.05) is 4.90 Å². The van der Waals surface area contributed by atoms with Gasteiger partial charge in [-0.05, 0) is 55.0 Å². The van der Waals surface area contributed by atoms with Crippen molar-refractivity contribution in [1.82, 2.24) is 5.32 Å². The van der Waals surface area contributed by atoms with Gasteiger partial charge in [0.1, 0.15) is 17.1 Å². The van der Waals surface area contributed by atoms with Crippen LogP contribution >= 0.6 is 23.2 Å². The van der Waals surface area contributed by atoms with Crippen molar-refractivity contribution in [3.05, 3.63) is 81.5 Å². The van der Waals surface area contributed by atoms with Crippen LogP contribution in [0, 0.1) is 6.92 Å². The number of aryl methyl sites for hydroxylation is 1. The predicted molar refractivity (Wildman–Crippen MR) is 114 cm³/mol. The Labute approximate surface area is 181 Å². The molecule has 1 aliphatic rings. The lowest BCUT2D eigenvalue weighted by Gasteiger charge is -2.26. The number of nitrogens with one attached hydrogen (secondary N) is 1. The van der Waals surface area contributed by atoms with Gasteiger partial charge in [-0.3, -0.25) is 14.9 Å². The Morgan fingerprint density at radius 1 is 0.967 bits per heavy atom. The molecule has 0 aliphatic carbocycles. The van der Waals surface area contributed by atoms with Crippen molar-refractivity contribution in [2.24, 2.45) is 0 Å². The second kappa shape index (κ2) is 7.82. The normalized spacial score (nSPS) is 15.6. The molecule has 0 saturated carbocycles. The molecular formula is C22H14Cl2N2O4. The van der Waals surface area contributed by atoms with Crippen LogP contribution in [0.2, 0.25) is 10.0 Å². The molecule has 1 N–H and O–H groups in total. The Morgan fingerprint density at radius 2 is 1.73 bits per heavy atom. The van der Waals surface area contributed by atoms with Crippen LogP contribution < -0.4 is 10.2 Å². The Hall–Kier alpha value is -3.35. The van der Waals surface area contributed by atoms with Gasteiger partial charge in [0.25, 0.3) is 11.8 Å². The van der Waals surface area contributed by atoms with Gasteiger partial charge >= 0.3 is 6.03 Å². The fourth-order valence-corrected chi connectivity index (χ4v) is 3.39. The van der Waals surface area contributed by atoms with E-state index in [1.54, 1.807) is 49.4 Å². The number of carbonyl (C=O) groups excluding carboxylic acids is 3. The molecule has 1 saturated heterocycles. The molecule has 30 heavy (non-hydrogen) atoms. The minimum atomic E-state index is -0.849. The number of imide groups is 2. The first-order chi connectivity index (χ1) is 14.3. The van der Waals surface area contributed by atoms with E-state index in [2.05, 4.69) is 5.32 Å². The van der Waals surface area contributed by atoms with Crippen LogP contribution in [-0.4, -0.2) is 17.8 Å². The maximum Gasteiger partial charge on any atom is 0.335 e. The molecule has 0 spiro atoms. The van der Waals surface area contributed by atoms with Gasteiger partial charge in [0.05, 0.1) is 10.7 Å². The van der Waals surface area contributed by atoms with E-state index < -0.39 is 17.8 Å². The summed E-state index contributed by atoms with van der Waals surface area (Å²) >= 11 is 12.3. The number of hydrogen-bond acceptors (Lipinski definition) is 4. The fraction of sp³-hybridized carbons (Fsp3) is 0.0455. The van der Waals surface area contributed by atoms with Crippen LogP contribution in [-0.2, 0) is 9.59 Å². The van der Waals surface area contributed by atoms with E-state index in [1.807, 2.05) is 6.07 Å². The van der Waals surface area contributed by atoms with Gasteiger partial charge in [0.15, 0.2) is 0 Å². The molecule has 3 aromatic rings.